The number of rotatable bonds is 7. The van der Waals surface area contributed by atoms with Gasteiger partial charge < -0.3 is 10.6 Å². The molecule has 1 aromatic carbocycles. The number of hydrogen-bond donors (Lipinski definition) is 3. The molecule has 0 spiro atoms. The number of anilines is 1. The highest BCUT2D eigenvalue weighted by Gasteiger charge is 2.15. The van der Waals surface area contributed by atoms with E-state index in [0.29, 0.717) is 12.2 Å². The minimum Gasteiger partial charge on any atom is -0.320 e. The van der Waals surface area contributed by atoms with Crippen molar-refractivity contribution in [1.29, 1.82) is 0 Å². The zero-order valence-electron chi connectivity index (χ0n) is 13.3. The van der Waals surface area contributed by atoms with Gasteiger partial charge in [-0.2, -0.15) is 5.10 Å². The SMILES string of the molecule is CCc1c(NC(=O)CCCNC)n[nH]c1-c1ccc(Br)cc1.Cl. The topological polar surface area (TPSA) is 69.8 Å². The number of hydrogen-bond acceptors (Lipinski definition) is 3. The van der Waals surface area contributed by atoms with Crippen LogP contribution in [0.4, 0.5) is 5.82 Å². The third-order valence-electron chi connectivity index (χ3n) is 3.44. The highest BCUT2D eigenvalue weighted by atomic mass is 79.9. The minimum absolute atomic E-state index is 0. The molecule has 0 bridgehead atoms. The fourth-order valence-corrected chi connectivity index (χ4v) is 2.55. The number of aromatic nitrogens is 2. The maximum atomic E-state index is 11.9. The number of nitrogens with one attached hydrogen (secondary N) is 3. The van der Waals surface area contributed by atoms with Crippen molar-refractivity contribution in [3.05, 3.63) is 34.3 Å². The van der Waals surface area contributed by atoms with E-state index in [4.69, 9.17) is 0 Å². The molecule has 1 heterocycles. The van der Waals surface area contributed by atoms with E-state index in [-0.39, 0.29) is 18.3 Å². The molecular weight excluding hydrogens is 380 g/mol. The Bertz CT molecular complexity index is 628. The van der Waals surface area contributed by atoms with Crippen LogP contribution in [0.1, 0.15) is 25.3 Å². The predicted molar refractivity (Wildman–Crippen MR) is 100 cm³/mol. The van der Waals surface area contributed by atoms with Crippen LogP contribution in [0.15, 0.2) is 28.7 Å². The summed E-state index contributed by atoms with van der Waals surface area (Å²) in [4.78, 5) is 11.9. The molecule has 0 aliphatic rings. The van der Waals surface area contributed by atoms with Crippen molar-refractivity contribution in [2.24, 2.45) is 0 Å². The first kappa shape index (κ1) is 19.7. The standard InChI is InChI=1S/C16H21BrN4O.ClH/c1-3-13-15(11-6-8-12(17)9-7-11)20-21-16(13)19-14(22)5-4-10-18-2;/h6-9,18H,3-5,10H2,1-2H3,(H2,19,20,21,22);1H. The maximum Gasteiger partial charge on any atom is 0.225 e. The van der Waals surface area contributed by atoms with Crippen LogP contribution in [-0.2, 0) is 11.2 Å². The first-order chi connectivity index (χ1) is 10.7. The number of nitrogens with zero attached hydrogens (tertiary/aromatic N) is 1. The van der Waals surface area contributed by atoms with E-state index in [1.165, 1.54) is 0 Å². The van der Waals surface area contributed by atoms with E-state index in [2.05, 4.69) is 43.7 Å². The highest BCUT2D eigenvalue weighted by Crippen LogP contribution is 2.28. The molecule has 0 saturated carbocycles. The summed E-state index contributed by atoms with van der Waals surface area (Å²) in [5.74, 6) is 0.633. The van der Waals surface area contributed by atoms with Gasteiger partial charge in [-0.1, -0.05) is 35.0 Å². The Morgan fingerprint density at radius 3 is 2.61 bits per heavy atom. The second kappa shape index (κ2) is 9.70. The van der Waals surface area contributed by atoms with Gasteiger partial charge in [0.05, 0.1) is 5.69 Å². The van der Waals surface area contributed by atoms with E-state index in [1.54, 1.807) is 0 Å². The molecule has 0 saturated heterocycles. The number of halogens is 2. The largest absolute Gasteiger partial charge is 0.320 e. The van der Waals surface area contributed by atoms with E-state index in [1.807, 2.05) is 31.3 Å². The predicted octanol–water partition coefficient (Wildman–Crippen LogP) is 3.76. The molecule has 2 rings (SSSR count). The first-order valence-electron chi connectivity index (χ1n) is 7.43. The van der Waals surface area contributed by atoms with Gasteiger partial charge in [-0.25, -0.2) is 0 Å². The van der Waals surface area contributed by atoms with Crippen LogP contribution >= 0.6 is 28.3 Å². The molecule has 0 unspecified atom stereocenters. The summed E-state index contributed by atoms with van der Waals surface area (Å²) < 4.78 is 1.03. The molecule has 7 heteroatoms. The summed E-state index contributed by atoms with van der Waals surface area (Å²) in [5, 5.41) is 13.2. The molecule has 3 N–H and O–H groups in total. The van der Waals surface area contributed by atoms with E-state index < -0.39 is 0 Å². The lowest BCUT2D eigenvalue weighted by molar-refractivity contribution is -0.116. The van der Waals surface area contributed by atoms with Crippen LogP contribution in [0.2, 0.25) is 0 Å². The molecule has 0 atom stereocenters. The van der Waals surface area contributed by atoms with Crippen molar-refractivity contribution < 1.29 is 4.79 Å². The molecular formula is C16H22BrClN4O. The Balaban J connectivity index is 0.00000264. The minimum atomic E-state index is -0.00111. The summed E-state index contributed by atoms with van der Waals surface area (Å²) >= 11 is 3.43. The fourth-order valence-electron chi connectivity index (χ4n) is 2.29. The van der Waals surface area contributed by atoms with Crippen LogP contribution in [0.3, 0.4) is 0 Å². The van der Waals surface area contributed by atoms with Crippen molar-refractivity contribution in [2.45, 2.75) is 26.2 Å². The molecule has 1 aromatic heterocycles. The van der Waals surface area contributed by atoms with Gasteiger partial charge in [0, 0.05) is 16.5 Å². The molecule has 23 heavy (non-hydrogen) atoms. The summed E-state index contributed by atoms with van der Waals surface area (Å²) in [7, 11) is 1.88. The zero-order valence-corrected chi connectivity index (χ0v) is 15.7. The summed E-state index contributed by atoms with van der Waals surface area (Å²) in [6, 6.07) is 8.03. The van der Waals surface area contributed by atoms with Crippen LogP contribution in [0.5, 0.6) is 0 Å². The molecule has 0 aliphatic heterocycles. The second-order valence-corrected chi connectivity index (χ2v) is 5.96. The van der Waals surface area contributed by atoms with Crippen molar-refractivity contribution in [2.75, 3.05) is 18.9 Å². The van der Waals surface area contributed by atoms with Gasteiger partial charge in [0.1, 0.15) is 0 Å². The summed E-state index contributed by atoms with van der Waals surface area (Å²) in [5.41, 5.74) is 3.05. The average molecular weight is 402 g/mol. The lowest BCUT2D eigenvalue weighted by Crippen LogP contribution is -2.16. The third-order valence-corrected chi connectivity index (χ3v) is 3.97. The highest BCUT2D eigenvalue weighted by molar-refractivity contribution is 9.10. The number of aromatic amines is 1. The molecule has 1 amide bonds. The Morgan fingerprint density at radius 2 is 2.00 bits per heavy atom. The van der Waals surface area contributed by atoms with Gasteiger partial charge >= 0.3 is 0 Å². The van der Waals surface area contributed by atoms with Gasteiger partial charge in [0.25, 0.3) is 0 Å². The van der Waals surface area contributed by atoms with Crippen LogP contribution in [-0.4, -0.2) is 29.7 Å². The molecule has 2 aromatic rings. The van der Waals surface area contributed by atoms with Crippen molar-refractivity contribution in [3.8, 4) is 11.3 Å². The second-order valence-electron chi connectivity index (χ2n) is 5.04. The van der Waals surface area contributed by atoms with Crippen molar-refractivity contribution in [3.63, 3.8) is 0 Å². The van der Waals surface area contributed by atoms with Crippen LogP contribution in [0, 0.1) is 0 Å². The van der Waals surface area contributed by atoms with E-state index >= 15 is 0 Å². The van der Waals surface area contributed by atoms with Crippen molar-refractivity contribution >= 4 is 40.1 Å². The van der Waals surface area contributed by atoms with Crippen LogP contribution in [0.25, 0.3) is 11.3 Å². The van der Waals surface area contributed by atoms with Crippen LogP contribution < -0.4 is 10.6 Å². The number of carbonyl (C=O) groups excluding carboxylic acids is 1. The molecule has 0 aliphatic carbocycles. The van der Waals surface area contributed by atoms with Gasteiger partial charge in [-0.05, 0) is 44.1 Å². The zero-order chi connectivity index (χ0) is 15.9. The maximum absolute atomic E-state index is 11.9. The van der Waals surface area contributed by atoms with Gasteiger partial charge in [-0.3, -0.25) is 9.89 Å². The smallest absolute Gasteiger partial charge is 0.225 e. The van der Waals surface area contributed by atoms with Gasteiger partial charge in [0.15, 0.2) is 5.82 Å². The van der Waals surface area contributed by atoms with Crippen molar-refractivity contribution in [1.82, 2.24) is 15.5 Å². The third kappa shape index (κ3) is 5.34. The summed E-state index contributed by atoms with van der Waals surface area (Å²) in [6.45, 7) is 2.89. The molecule has 5 nitrogen and oxygen atoms in total. The fraction of sp³-hybridized carbons (Fsp3) is 0.375. The van der Waals surface area contributed by atoms with E-state index in [0.717, 1.165) is 40.7 Å². The lowest BCUT2D eigenvalue weighted by Gasteiger charge is -2.06. The first-order valence-corrected chi connectivity index (χ1v) is 8.22. The average Bonchev–Trinajstić information content (AvgIpc) is 2.91. The van der Waals surface area contributed by atoms with Gasteiger partial charge in [0.2, 0.25) is 5.91 Å². The molecule has 126 valence electrons. The number of H-pyrrole nitrogens is 1. The summed E-state index contributed by atoms with van der Waals surface area (Å²) in [6.07, 6.45) is 2.10. The Kier molecular flexibility index (Phi) is 8.30. The number of benzene rings is 1. The Morgan fingerprint density at radius 1 is 1.30 bits per heavy atom. The van der Waals surface area contributed by atoms with Gasteiger partial charge in [-0.15, -0.1) is 12.4 Å². The Labute approximate surface area is 151 Å². The lowest BCUT2D eigenvalue weighted by atomic mass is 10.1. The monoisotopic (exact) mass is 400 g/mol. The Hall–Kier alpha value is -1.37. The number of carbonyl (C=O) groups is 1. The molecule has 0 radical (unpaired) electrons. The number of amides is 1. The quantitative estimate of drug-likeness (QED) is 0.619. The molecule has 0 fully saturated rings. The normalized spacial score (nSPS) is 10.2. The van der Waals surface area contributed by atoms with E-state index in [9.17, 15) is 4.79 Å².